The Morgan fingerprint density at radius 3 is 2.88 bits per heavy atom. The van der Waals surface area contributed by atoms with E-state index in [9.17, 15) is 4.79 Å². The molecule has 2 aliphatic rings. The van der Waals surface area contributed by atoms with Crippen molar-refractivity contribution in [1.82, 2.24) is 15.2 Å². The molecule has 2 fully saturated rings. The van der Waals surface area contributed by atoms with Gasteiger partial charge in [0.15, 0.2) is 0 Å². The van der Waals surface area contributed by atoms with Gasteiger partial charge in [0, 0.05) is 30.6 Å². The van der Waals surface area contributed by atoms with Crippen LogP contribution in [0.5, 0.6) is 5.75 Å². The zero-order valence-electron chi connectivity index (χ0n) is 15.3. The van der Waals surface area contributed by atoms with Gasteiger partial charge in [-0.05, 0) is 31.9 Å². The van der Waals surface area contributed by atoms with Crippen LogP contribution >= 0.6 is 0 Å². The number of rotatable bonds is 5. The molecule has 1 amide bonds. The molecule has 138 valence electrons. The first kappa shape index (κ1) is 17.2. The lowest BCUT2D eigenvalue weighted by atomic mass is 10.1. The molecule has 1 aromatic carbocycles. The topological polar surface area (TPSA) is 63.7 Å². The fraction of sp³-hybridized carbons (Fsp3) is 0.500. The molecule has 1 aliphatic carbocycles. The number of aromatic nitrogens is 1. The van der Waals surface area contributed by atoms with Gasteiger partial charge in [0.2, 0.25) is 0 Å². The number of morpholine rings is 1. The van der Waals surface area contributed by atoms with Crippen molar-refractivity contribution in [3.8, 4) is 5.75 Å². The van der Waals surface area contributed by atoms with Gasteiger partial charge in [0.05, 0.1) is 31.0 Å². The molecule has 4 rings (SSSR count). The molecular weight excluding hydrogens is 330 g/mol. The first-order valence-corrected chi connectivity index (χ1v) is 9.27. The molecule has 1 N–H and O–H groups in total. The van der Waals surface area contributed by atoms with Gasteiger partial charge < -0.3 is 19.7 Å². The largest absolute Gasteiger partial charge is 0.496 e. The summed E-state index contributed by atoms with van der Waals surface area (Å²) in [6.45, 7) is 3.99. The molecule has 1 aliphatic heterocycles. The first-order chi connectivity index (χ1) is 12.7. The number of pyridine rings is 1. The van der Waals surface area contributed by atoms with Crippen LogP contribution in [0.2, 0.25) is 0 Å². The van der Waals surface area contributed by atoms with Crippen LogP contribution in [0.1, 0.15) is 31.5 Å². The Labute approximate surface area is 153 Å². The zero-order valence-corrected chi connectivity index (χ0v) is 15.3. The molecule has 0 unspecified atom stereocenters. The summed E-state index contributed by atoms with van der Waals surface area (Å²) in [6, 6.07) is 10.0. The van der Waals surface area contributed by atoms with Crippen molar-refractivity contribution < 1.29 is 14.3 Å². The van der Waals surface area contributed by atoms with Crippen molar-refractivity contribution in [2.24, 2.45) is 0 Å². The van der Waals surface area contributed by atoms with E-state index in [1.54, 1.807) is 7.11 Å². The molecule has 1 aromatic heterocycles. The molecule has 0 radical (unpaired) electrons. The maximum atomic E-state index is 13.1. The molecule has 1 saturated carbocycles. The number of hydrogen-bond donors (Lipinski definition) is 1. The SMILES string of the molecule is COc1cc([C@H](C)N(C(=O)[C@H]2CNCCO2)C2CC2)nc2ccccc12. The van der Waals surface area contributed by atoms with Crippen LogP contribution in [-0.4, -0.2) is 54.7 Å². The maximum Gasteiger partial charge on any atom is 0.253 e. The summed E-state index contributed by atoms with van der Waals surface area (Å²) in [5.41, 5.74) is 1.73. The van der Waals surface area contributed by atoms with E-state index in [1.807, 2.05) is 42.2 Å². The Hall–Kier alpha value is -2.18. The lowest BCUT2D eigenvalue weighted by Crippen LogP contribution is -2.50. The molecular formula is C20H25N3O3. The third kappa shape index (κ3) is 3.27. The summed E-state index contributed by atoms with van der Waals surface area (Å²) in [6.07, 6.45) is 1.68. The molecule has 6 heteroatoms. The number of amides is 1. The van der Waals surface area contributed by atoms with Crippen LogP contribution in [0.25, 0.3) is 10.9 Å². The van der Waals surface area contributed by atoms with E-state index in [4.69, 9.17) is 14.5 Å². The quantitative estimate of drug-likeness (QED) is 0.891. The van der Waals surface area contributed by atoms with Crippen molar-refractivity contribution in [1.29, 1.82) is 0 Å². The fourth-order valence-corrected chi connectivity index (χ4v) is 3.62. The molecule has 2 heterocycles. The third-order valence-electron chi connectivity index (χ3n) is 5.16. The molecule has 26 heavy (non-hydrogen) atoms. The lowest BCUT2D eigenvalue weighted by molar-refractivity contribution is -0.148. The number of nitrogens with zero attached hydrogens (tertiary/aromatic N) is 2. The predicted molar refractivity (Wildman–Crippen MR) is 99.2 cm³/mol. The monoisotopic (exact) mass is 355 g/mol. The van der Waals surface area contributed by atoms with Crippen molar-refractivity contribution in [3.63, 3.8) is 0 Å². The Bertz CT molecular complexity index is 800. The lowest BCUT2D eigenvalue weighted by Gasteiger charge is -2.34. The Morgan fingerprint density at radius 2 is 2.19 bits per heavy atom. The summed E-state index contributed by atoms with van der Waals surface area (Å²) < 4.78 is 11.3. The van der Waals surface area contributed by atoms with Gasteiger partial charge in [-0.2, -0.15) is 0 Å². The highest BCUT2D eigenvalue weighted by Crippen LogP contribution is 2.36. The predicted octanol–water partition coefficient (Wildman–Crippen LogP) is 2.28. The van der Waals surface area contributed by atoms with Crippen LogP contribution in [-0.2, 0) is 9.53 Å². The number of nitrogens with one attached hydrogen (secondary N) is 1. The minimum absolute atomic E-state index is 0.0566. The molecule has 6 nitrogen and oxygen atoms in total. The van der Waals surface area contributed by atoms with Crippen molar-refractivity contribution in [2.45, 2.75) is 38.0 Å². The second kappa shape index (κ2) is 7.21. The van der Waals surface area contributed by atoms with Crippen molar-refractivity contribution in [3.05, 3.63) is 36.0 Å². The number of carbonyl (C=O) groups is 1. The van der Waals surface area contributed by atoms with Crippen LogP contribution in [0, 0.1) is 0 Å². The Kier molecular flexibility index (Phi) is 4.78. The molecule has 0 bridgehead atoms. The highest BCUT2D eigenvalue weighted by Gasteiger charge is 2.40. The maximum absolute atomic E-state index is 13.1. The number of hydrogen-bond acceptors (Lipinski definition) is 5. The summed E-state index contributed by atoms with van der Waals surface area (Å²) >= 11 is 0. The van der Waals surface area contributed by atoms with Gasteiger partial charge in [0.25, 0.3) is 5.91 Å². The van der Waals surface area contributed by atoms with Gasteiger partial charge in [-0.3, -0.25) is 9.78 Å². The standard InChI is InChI=1S/C20H25N3O3/c1-13(17-11-18(25-2)15-5-3-4-6-16(15)22-17)23(14-7-8-14)20(24)19-12-21-9-10-26-19/h3-6,11,13-14,19,21H,7-10,12H2,1-2H3/t13-,19+/m0/s1. The molecule has 2 aromatic rings. The number of carbonyl (C=O) groups excluding carboxylic acids is 1. The van der Waals surface area contributed by atoms with Crippen LogP contribution < -0.4 is 10.1 Å². The summed E-state index contributed by atoms with van der Waals surface area (Å²) in [5.74, 6) is 0.845. The molecule has 0 spiro atoms. The molecule has 2 atom stereocenters. The van der Waals surface area contributed by atoms with Crippen LogP contribution in [0.3, 0.4) is 0 Å². The number of benzene rings is 1. The number of methoxy groups -OCH3 is 1. The number of ether oxygens (including phenoxy) is 2. The van der Waals surface area contributed by atoms with E-state index >= 15 is 0 Å². The van der Waals surface area contributed by atoms with Crippen molar-refractivity contribution in [2.75, 3.05) is 26.8 Å². The number of fused-ring (bicyclic) bond motifs is 1. The first-order valence-electron chi connectivity index (χ1n) is 9.27. The highest BCUT2D eigenvalue weighted by molar-refractivity contribution is 5.86. The van der Waals surface area contributed by atoms with Gasteiger partial charge in [0.1, 0.15) is 11.9 Å². The average Bonchev–Trinajstić information content (AvgIpc) is 3.52. The Balaban J connectivity index is 1.66. The van der Waals surface area contributed by atoms with Gasteiger partial charge in [-0.15, -0.1) is 0 Å². The van der Waals surface area contributed by atoms with Gasteiger partial charge >= 0.3 is 0 Å². The van der Waals surface area contributed by atoms with E-state index in [0.717, 1.165) is 41.7 Å². The highest BCUT2D eigenvalue weighted by atomic mass is 16.5. The van der Waals surface area contributed by atoms with Gasteiger partial charge in [-0.1, -0.05) is 12.1 Å². The van der Waals surface area contributed by atoms with E-state index in [0.29, 0.717) is 13.2 Å². The Morgan fingerprint density at radius 1 is 1.38 bits per heavy atom. The van der Waals surface area contributed by atoms with Gasteiger partial charge in [-0.25, -0.2) is 0 Å². The summed E-state index contributed by atoms with van der Waals surface area (Å²) in [7, 11) is 1.67. The van der Waals surface area contributed by atoms with Crippen LogP contribution in [0.4, 0.5) is 0 Å². The van der Waals surface area contributed by atoms with E-state index < -0.39 is 6.10 Å². The zero-order chi connectivity index (χ0) is 18.1. The fourth-order valence-electron chi connectivity index (χ4n) is 3.62. The molecule has 1 saturated heterocycles. The smallest absolute Gasteiger partial charge is 0.253 e. The minimum Gasteiger partial charge on any atom is -0.496 e. The van der Waals surface area contributed by atoms with E-state index in [2.05, 4.69) is 5.32 Å². The third-order valence-corrected chi connectivity index (χ3v) is 5.16. The normalized spacial score (nSPS) is 21.4. The summed E-state index contributed by atoms with van der Waals surface area (Å²) in [5, 5.41) is 4.22. The van der Waals surface area contributed by atoms with E-state index in [1.165, 1.54) is 0 Å². The minimum atomic E-state index is -0.408. The summed E-state index contributed by atoms with van der Waals surface area (Å²) in [4.78, 5) is 19.9. The van der Waals surface area contributed by atoms with E-state index in [-0.39, 0.29) is 18.0 Å². The average molecular weight is 355 g/mol. The van der Waals surface area contributed by atoms with Crippen LogP contribution in [0.15, 0.2) is 30.3 Å². The second-order valence-corrected chi connectivity index (χ2v) is 6.98. The van der Waals surface area contributed by atoms with Crippen molar-refractivity contribution >= 4 is 16.8 Å². The number of para-hydroxylation sites is 1. The second-order valence-electron chi connectivity index (χ2n) is 6.98.